The van der Waals surface area contributed by atoms with Crippen molar-refractivity contribution >= 4 is 18.7 Å². The first kappa shape index (κ1) is 32.2. The van der Waals surface area contributed by atoms with Crippen LogP contribution in [0.1, 0.15) is 50.8 Å². The Labute approximate surface area is 264 Å². The number of ether oxygens (including phenoxy) is 1. The fourth-order valence-corrected chi connectivity index (χ4v) is 11.3. The smallest absolute Gasteiger partial charge is 0.333 e. The average Bonchev–Trinajstić information content (AvgIpc) is 3.44. The van der Waals surface area contributed by atoms with Gasteiger partial charge in [-0.15, -0.1) is 0 Å². The first-order valence-electron chi connectivity index (χ1n) is 15.4. The number of hydrogen-bond donors (Lipinski definition) is 0. The number of azide groups is 1. The van der Waals surface area contributed by atoms with Crippen molar-refractivity contribution in [2.24, 2.45) is 11.0 Å². The van der Waals surface area contributed by atoms with Crippen LogP contribution in [0.2, 0.25) is 5.04 Å². The van der Waals surface area contributed by atoms with Gasteiger partial charge in [0.25, 0.3) is 13.9 Å². The monoisotopic (exact) mass is 623 g/mol. The van der Waals surface area contributed by atoms with Gasteiger partial charge >= 0.3 is 5.69 Å². The predicted octanol–water partition coefficient (Wildman–Crippen LogP) is 5.70. The Morgan fingerprint density at radius 2 is 1.49 bits per heavy atom. The number of aryl methyl sites for hydroxylation is 1. The van der Waals surface area contributed by atoms with E-state index in [1.54, 1.807) is 17.7 Å². The van der Waals surface area contributed by atoms with Gasteiger partial charge in [-0.05, 0) is 52.2 Å². The van der Waals surface area contributed by atoms with Crippen molar-refractivity contribution in [2.45, 2.75) is 71.0 Å². The van der Waals surface area contributed by atoms with Gasteiger partial charge in [0.15, 0.2) is 0 Å². The number of aromatic nitrogens is 2. The van der Waals surface area contributed by atoms with E-state index in [0.717, 1.165) is 10.1 Å². The van der Waals surface area contributed by atoms with E-state index >= 15 is 0 Å². The fraction of sp³-hybridized carbons (Fsp3) is 0.371. The zero-order valence-corrected chi connectivity index (χ0v) is 27.4. The summed E-state index contributed by atoms with van der Waals surface area (Å²) < 4.78 is 15.7. The Hall–Kier alpha value is -4.21. The lowest BCUT2D eigenvalue weighted by molar-refractivity contribution is 0.0572. The second-order valence-electron chi connectivity index (χ2n) is 12.8. The summed E-state index contributed by atoms with van der Waals surface area (Å²) >= 11 is 0. The van der Waals surface area contributed by atoms with E-state index in [0.29, 0.717) is 25.0 Å². The lowest BCUT2D eigenvalue weighted by Crippen LogP contribution is -2.67. The predicted molar refractivity (Wildman–Crippen MR) is 179 cm³/mol. The van der Waals surface area contributed by atoms with Crippen LogP contribution in [0.15, 0.2) is 112 Å². The second-order valence-corrected chi connectivity index (χ2v) is 17.1. The van der Waals surface area contributed by atoms with Crippen molar-refractivity contribution in [3.63, 3.8) is 0 Å². The van der Waals surface area contributed by atoms with Crippen LogP contribution >= 0.6 is 0 Å². The molecular formula is C35H41N5O4Si. The molecule has 3 atom stereocenters. The Balaban J connectivity index is 1.43. The maximum Gasteiger partial charge on any atom is 0.333 e. The second kappa shape index (κ2) is 13.8. The number of benzene rings is 3. The summed E-state index contributed by atoms with van der Waals surface area (Å²) in [4.78, 5) is 29.8. The molecule has 1 aliphatic rings. The van der Waals surface area contributed by atoms with Gasteiger partial charge in [-0.2, -0.15) is 0 Å². The molecule has 5 rings (SSSR count). The molecule has 1 fully saturated rings. The van der Waals surface area contributed by atoms with E-state index < -0.39 is 14.0 Å². The molecule has 1 saturated carbocycles. The Kier molecular flexibility index (Phi) is 9.89. The van der Waals surface area contributed by atoms with Crippen LogP contribution in [0, 0.1) is 12.8 Å². The zero-order chi connectivity index (χ0) is 32.0. The molecule has 0 bridgehead atoms. The van der Waals surface area contributed by atoms with Crippen LogP contribution in [0.3, 0.4) is 0 Å². The Morgan fingerprint density at radius 1 is 0.911 bits per heavy atom. The third-order valence-corrected chi connectivity index (χ3v) is 13.9. The van der Waals surface area contributed by atoms with Crippen molar-refractivity contribution in [2.75, 3.05) is 6.61 Å². The molecule has 0 N–H and O–H groups in total. The normalized spacial score (nSPS) is 18.4. The Morgan fingerprint density at radius 3 is 2.04 bits per heavy atom. The number of rotatable bonds is 11. The van der Waals surface area contributed by atoms with Gasteiger partial charge in [0.2, 0.25) is 0 Å². The van der Waals surface area contributed by atoms with Gasteiger partial charge in [-0.1, -0.05) is 117 Å². The van der Waals surface area contributed by atoms with Gasteiger partial charge in [-0.25, -0.2) is 9.36 Å². The molecule has 0 radical (unpaired) electrons. The van der Waals surface area contributed by atoms with Gasteiger partial charge in [0, 0.05) is 35.4 Å². The highest BCUT2D eigenvalue weighted by Gasteiger charge is 2.51. The van der Waals surface area contributed by atoms with Gasteiger partial charge in [0.05, 0.1) is 6.61 Å². The molecule has 234 valence electrons. The van der Waals surface area contributed by atoms with Gasteiger partial charge < -0.3 is 9.16 Å². The largest absolute Gasteiger partial charge is 0.407 e. The van der Waals surface area contributed by atoms with Crippen molar-refractivity contribution in [3.05, 3.63) is 140 Å². The highest BCUT2D eigenvalue weighted by atomic mass is 28.4. The van der Waals surface area contributed by atoms with E-state index in [-0.39, 0.29) is 41.9 Å². The molecule has 3 aromatic carbocycles. The Bertz CT molecular complexity index is 1710. The molecule has 9 nitrogen and oxygen atoms in total. The summed E-state index contributed by atoms with van der Waals surface area (Å²) in [5, 5.41) is 6.32. The van der Waals surface area contributed by atoms with Crippen LogP contribution in [0.4, 0.5) is 0 Å². The molecule has 3 unspecified atom stereocenters. The van der Waals surface area contributed by atoms with E-state index in [9.17, 15) is 15.1 Å². The third-order valence-electron chi connectivity index (χ3n) is 8.86. The van der Waals surface area contributed by atoms with Crippen molar-refractivity contribution in [1.82, 2.24) is 9.13 Å². The van der Waals surface area contributed by atoms with Crippen LogP contribution < -0.4 is 21.6 Å². The lowest BCUT2D eigenvalue weighted by Gasteiger charge is -2.43. The zero-order valence-electron chi connectivity index (χ0n) is 26.4. The summed E-state index contributed by atoms with van der Waals surface area (Å²) in [5.41, 5.74) is 10.1. The van der Waals surface area contributed by atoms with Crippen LogP contribution in [0.25, 0.3) is 10.4 Å². The quantitative estimate of drug-likeness (QED) is 0.0924. The third kappa shape index (κ3) is 6.74. The van der Waals surface area contributed by atoms with Crippen molar-refractivity contribution in [1.29, 1.82) is 0 Å². The van der Waals surface area contributed by atoms with E-state index in [1.165, 1.54) is 10.4 Å². The van der Waals surface area contributed by atoms with Gasteiger partial charge in [-0.3, -0.25) is 9.36 Å². The molecule has 0 spiro atoms. The minimum absolute atomic E-state index is 0.116. The van der Waals surface area contributed by atoms with E-state index in [4.69, 9.17) is 9.16 Å². The SMILES string of the molecule is Cc1cn(C2CC(CO[Si](c3ccccc3)(c3ccccc3)C(C)(C)C)C(N=[N+]=[N-])C2)c(=O)n(COCc2ccccc2)c1=O. The van der Waals surface area contributed by atoms with Crippen molar-refractivity contribution in [3.8, 4) is 0 Å². The molecule has 1 heterocycles. The highest BCUT2D eigenvalue weighted by molar-refractivity contribution is 6.99. The summed E-state index contributed by atoms with van der Waals surface area (Å²) in [5.74, 6) is -0.116. The van der Waals surface area contributed by atoms with E-state index in [1.807, 2.05) is 42.5 Å². The molecule has 45 heavy (non-hydrogen) atoms. The lowest BCUT2D eigenvalue weighted by atomic mass is 10.1. The first-order chi connectivity index (χ1) is 21.7. The molecule has 0 saturated heterocycles. The van der Waals surface area contributed by atoms with Crippen LogP contribution in [-0.4, -0.2) is 30.1 Å². The first-order valence-corrected chi connectivity index (χ1v) is 17.3. The molecule has 0 aliphatic heterocycles. The molecule has 10 heteroatoms. The molecule has 1 aromatic heterocycles. The number of hydrogen-bond acceptors (Lipinski definition) is 5. The highest BCUT2D eigenvalue weighted by Crippen LogP contribution is 2.40. The van der Waals surface area contributed by atoms with Crippen LogP contribution in [0.5, 0.6) is 0 Å². The average molecular weight is 624 g/mol. The number of nitrogens with zero attached hydrogens (tertiary/aromatic N) is 5. The minimum Gasteiger partial charge on any atom is -0.407 e. The topological polar surface area (TPSA) is 111 Å². The maximum absolute atomic E-state index is 13.7. The van der Waals surface area contributed by atoms with E-state index in [2.05, 4.69) is 79.3 Å². The summed E-state index contributed by atoms with van der Waals surface area (Å²) in [6.45, 7) is 8.90. The summed E-state index contributed by atoms with van der Waals surface area (Å²) in [6.07, 6.45) is 2.67. The minimum atomic E-state index is -2.82. The summed E-state index contributed by atoms with van der Waals surface area (Å²) in [6, 6.07) is 29.8. The van der Waals surface area contributed by atoms with Gasteiger partial charge in [0.1, 0.15) is 6.73 Å². The fourth-order valence-electron chi connectivity index (χ4n) is 6.64. The molecule has 1 aliphatic carbocycles. The molecular weight excluding hydrogens is 583 g/mol. The standard InChI is InChI=1S/C35H41N5O4Si/c1-26-22-39(34(42)40(33(26)41)25-43-23-27-14-8-5-9-15-27)29-20-28(32(21-29)37-38-36)24-44-45(35(2,3)4,30-16-10-6-11-17-30)31-18-12-7-13-19-31/h5-19,22,28-29,32H,20-21,23-25H2,1-4H3. The van der Waals surface area contributed by atoms with Crippen LogP contribution in [-0.2, 0) is 22.5 Å². The molecule has 0 amide bonds. The maximum atomic E-state index is 13.7. The summed E-state index contributed by atoms with van der Waals surface area (Å²) in [7, 11) is -2.82. The molecule has 4 aromatic rings. The van der Waals surface area contributed by atoms with Crippen molar-refractivity contribution < 1.29 is 9.16 Å².